The standard InChI is InChI=1S/C41H33N3/c1-40(2)30-17-7-5-14-27(30)38-37-29(16-13-19-32(37)41(3,4)39(38)28-15-6-8-18-31(28)40)35-24-26(33-20-9-11-22-42-33)25-36(44-35)34-21-10-12-23-43-34/h5-25H,1-4H3. The fraction of sp³-hybridized carbons (Fsp3) is 0.146. The van der Waals surface area contributed by atoms with Gasteiger partial charge in [-0.15, -0.1) is 0 Å². The summed E-state index contributed by atoms with van der Waals surface area (Å²) in [5.41, 5.74) is 15.9. The summed E-state index contributed by atoms with van der Waals surface area (Å²) in [6.07, 6.45) is 3.67. The molecule has 3 heteroatoms. The minimum Gasteiger partial charge on any atom is -0.256 e. The van der Waals surface area contributed by atoms with E-state index in [1.54, 1.807) is 0 Å². The zero-order valence-electron chi connectivity index (χ0n) is 25.5. The molecule has 2 aliphatic carbocycles. The van der Waals surface area contributed by atoms with Crippen molar-refractivity contribution in [2.45, 2.75) is 38.5 Å². The summed E-state index contributed by atoms with van der Waals surface area (Å²) in [6.45, 7) is 9.49. The van der Waals surface area contributed by atoms with Gasteiger partial charge in [0.15, 0.2) is 0 Å². The lowest BCUT2D eigenvalue weighted by molar-refractivity contribution is 0.634. The maximum absolute atomic E-state index is 5.30. The third-order valence-electron chi connectivity index (χ3n) is 9.59. The minimum absolute atomic E-state index is 0.161. The van der Waals surface area contributed by atoms with E-state index in [0.717, 1.165) is 33.9 Å². The molecule has 0 atom stereocenters. The van der Waals surface area contributed by atoms with Crippen LogP contribution in [0.15, 0.2) is 128 Å². The van der Waals surface area contributed by atoms with E-state index in [1.807, 2.05) is 42.7 Å². The van der Waals surface area contributed by atoms with Crippen LogP contribution in [0.5, 0.6) is 0 Å². The molecule has 0 saturated heterocycles. The SMILES string of the molecule is CC1(C)C2=C(c3ccccc3C(C)(C)c3ccccc32)c2c(-c3cc(-c4ccccn4)cc(-c4ccccn4)n3)cccc21. The molecule has 6 aromatic rings. The normalized spacial score (nSPS) is 15.5. The van der Waals surface area contributed by atoms with Crippen LogP contribution in [0.2, 0.25) is 0 Å². The van der Waals surface area contributed by atoms with E-state index < -0.39 is 0 Å². The van der Waals surface area contributed by atoms with Crippen LogP contribution in [0, 0.1) is 0 Å². The molecule has 212 valence electrons. The van der Waals surface area contributed by atoms with E-state index in [4.69, 9.17) is 9.97 Å². The Bertz CT molecular complexity index is 2050. The van der Waals surface area contributed by atoms with Crippen LogP contribution < -0.4 is 0 Å². The Hall–Kier alpha value is -5.15. The van der Waals surface area contributed by atoms with Gasteiger partial charge in [-0.2, -0.15) is 0 Å². The van der Waals surface area contributed by atoms with Crippen LogP contribution in [-0.2, 0) is 10.8 Å². The molecule has 0 bridgehead atoms. The lowest BCUT2D eigenvalue weighted by Gasteiger charge is -2.32. The van der Waals surface area contributed by atoms with Gasteiger partial charge in [0.05, 0.1) is 22.8 Å². The first kappa shape index (κ1) is 26.5. The molecule has 3 nitrogen and oxygen atoms in total. The van der Waals surface area contributed by atoms with E-state index in [1.165, 1.54) is 44.5 Å². The highest BCUT2D eigenvalue weighted by atomic mass is 14.8. The maximum Gasteiger partial charge on any atom is 0.0900 e. The molecule has 3 aromatic heterocycles. The molecule has 2 aliphatic rings. The first-order valence-corrected chi connectivity index (χ1v) is 15.3. The third kappa shape index (κ3) is 3.85. The van der Waals surface area contributed by atoms with Crippen molar-refractivity contribution < 1.29 is 0 Å². The molecule has 0 radical (unpaired) electrons. The Morgan fingerprint density at radius 2 is 1.02 bits per heavy atom. The highest BCUT2D eigenvalue weighted by molar-refractivity contribution is 6.12. The molecule has 0 unspecified atom stereocenters. The number of nitrogens with zero attached hydrogens (tertiary/aromatic N) is 3. The molecule has 0 fully saturated rings. The molecule has 44 heavy (non-hydrogen) atoms. The monoisotopic (exact) mass is 567 g/mol. The van der Waals surface area contributed by atoms with Gasteiger partial charge in [-0.25, -0.2) is 4.98 Å². The molecular formula is C41H33N3. The van der Waals surface area contributed by atoms with E-state index in [2.05, 4.69) is 118 Å². The van der Waals surface area contributed by atoms with Crippen LogP contribution in [-0.4, -0.2) is 15.0 Å². The van der Waals surface area contributed by atoms with Crippen LogP contribution >= 0.6 is 0 Å². The molecule has 0 aliphatic heterocycles. The number of rotatable bonds is 3. The quantitative estimate of drug-likeness (QED) is 0.214. The summed E-state index contributed by atoms with van der Waals surface area (Å²) >= 11 is 0. The van der Waals surface area contributed by atoms with Crippen LogP contribution in [0.25, 0.3) is 45.0 Å². The fourth-order valence-corrected chi connectivity index (χ4v) is 7.50. The minimum atomic E-state index is -0.216. The number of fused-ring (bicyclic) bond motifs is 6. The van der Waals surface area contributed by atoms with Crippen molar-refractivity contribution in [1.82, 2.24) is 15.0 Å². The molecule has 0 amide bonds. The topological polar surface area (TPSA) is 38.7 Å². The largest absolute Gasteiger partial charge is 0.256 e. The van der Waals surface area contributed by atoms with Gasteiger partial charge in [-0.05, 0) is 80.9 Å². The molecule has 0 spiro atoms. The Morgan fingerprint density at radius 1 is 0.455 bits per heavy atom. The zero-order valence-corrected chi connectivity index (χ0v) is 25.5. The second-order valence-electron chi connectivity index (χ2n) is 12.9. The highest BCUT2D eigenvalue weighted by Crippen LogP contribution is 2.59. The third-order valence-corrected chi connectivity index (χ3v) is 9.59. The van der Waals surface area contributed by atoms with Gasteiger partial charge < -0.3 is 0 Å². The van der Waals surface area contributed by atoms with Gasteiger partial charge in [0.25, 0.3) is 0 Å². The molecular weight excluding hydrogens is 534 g/mol. The van der Waals surface area contributed by atoms with Gasteiger partial charge in [0.1, 0.15) is 0 Å². The molecule has 8 rings (SSSR count). The maximum atomic E-state index is 5.30. The average Bonchev–Trinajstić information content (AvgIpc) is 3.26. The smallest absolute Gasteiger partial charge is 0.0900 e. The first-order valence-electron chi connectivity index (χ1n) is 15.3. The fourth-order valence-electron chi connectivity index (χ4n) is 7.50. The van der Waals surface area contributed by atoms with E-state index in [0.29, 0.717) is 0 Å². The zero-order chi connectivity index (χ0) is 30.1. The predicted octanol–water partition coefficient (Wildman–Crippen LogP) is 9.76. The van der Waals surface area contributed by atoms with Gasteiger partial charge in [0, 0.05) is 34.4 Å². The predicted molar refractivity (Wildman–Crippen MR) is 180 cm³/mol. The lowest BCUT2D eigenvalue weighted by atomic mass is 9.71. The number of aromatic nitrogens is 3. The number of benzene rings is 3. The molecule has 0 N–H and O–H groups in total. The Morgan fingerprint density at radius 3 is 1.73 bits per heavy atom. The summed E-state index contributed by atoms with van der Waals surface area (Å²) < 4.78 is 0. The van der Waals surface area contributed by atoms with Crippen molar-refractivity contribution in [3.63, 3.8) is 0 Å². The molecule has 0 saturated carbocycles. The summed E-state index contributed by atoms with van der Waals surface area (Å²) in [4.78, 5) is 14.7. The summed E-state index contributed by atoms with van der Waals surface area (Å²) in [5.74, 6) is 0. The van der Waals surface area contributed by atoms with E-state index in [9.17, 15) is 0 Å². The summed E-state index contributed by atoms with van der Waals surface area (Å²) in [6, 6.07) is 41.1. The van der Waals surface area contributed by atoms with Crippen molar-refractivity contribution in [1.29, 1.82) is 0 Å². The Kier molecular flexibility index (Phi) is 5.83. The van der Waals surface area contributed by atoms with Crippen LogP contribution in [0.3, 0.4) is 0 Å². The second-order valence-corrected chi connectivity index (χ2v) is 12.9. The van der Waals surface area contributed by atoms with Crippen molar-refractivity contribution in [2.75, 3.05) is 0 Å². The Balaban J connectivity index is 1.47. The lowest BCUT2D eigenvalue weighted by Crippen LogP contribution is -2.23. The number of allylic oxidation sites excluding steroid dienone is 1. The molecule has 3 heterocycles. The molecule has 3 aromatic carbocycles. The number of pyridine rings is 3. The Labute approximate surface area is 259 Å². The average molecular weight is 568 g/mol. The number of hydrogen-bond donors (Lipinski definition) is 0. The van der Waals surface area contributed by atoms with Crippen molar-refractivity contribution in [3.8, 4) is 33.9 Å². The van der Waals surface area contributed by atoms with Crippen molar-refractivity contribution in [2.24, 2.45) is 0 Å². The van der Waals surface area contributed by atoms with Gasteiger partial charge in [0.2, 0.25) is 0 Å². The van der Waals surface area contributed by atoms with Gasteiger partial charge in [-0.3, -0.25) is 9.97 Å². The van der Waals surface area contributed by atoms with Crippen LogP contribution in [0.1, 0.15) is 61.1 Å². The van der Waals surface area contributed by atoms with Crippen molar-refractivity contribution >= 4 is 11.1 Å². The highest BCUT2D eigenvalue weighted by Gasteiger charge is 2.45. The van der Waals surface area contributed by atoms with Crippen molar-refractivity contribution in [3.05, 3.63) is 161 Å². The summed E-state index contributed by atoms with van der Waals surface area (Å²) in [7, 11) is 0. The van der Waals surface area contributed by atoms with Gasteiger partial charge >= 0.3 is 0 Å². The number of hydrogen-bond acceptors (Lipinski definition) is 3. The van der Waals surface area contributed by atoms with E-state index >= 15 is 0 Å². The first-order chi connectivity index (χ1) is 21.4. The van der Waals surface area contributed by atoms with Crippen LogP contribution in [0.4, 0.5) is 0 Å². The van der Waals surface area contributed by atoms with Gasteiger partial charge in [-0.1, -0.05) is 107 Å². The second kappa shape index (κ2) is 9.68. The van der Waals surface area contributed by atoms with E-state index in [-0.39, 0.29) is 10.8 Å². The summed E-state index contributed by atoms with van der Waals surface area (Å²) in [5, 5.41) is 0.